The average molecular weight is 264 g/mol. The molecule has 0 saturated carbocycles. The van der Waals surface area contributed by atoms with Gasteiger partial charge in [-0.1, -0.05) is 11.6 Å². The molecule has 16 heavy (non-hydrogen) atoms. The lowest BCUT2D eigenvalue weighted by Crippen LogP contribution is -2.32. The molecule has 2 heterocycles. The van der Waals surface area contributed by atoms with Crippen LogP contribution in [0.1, 0.15) is 6.42 Å². The summed E-state index contributed by atoms with van der Waals surface area (Å²) >= 11 is 5.72. The summed E-state index contributed by atoms with van der Waals surface area (Å²) in [7, 11) is -2.79. The molecule has 1 unspecified atom stereocenters. The number of aromatic nitrogens is 2. The highest BCUT2D eigenvalue weighted by Crippen LogP contribution is 2.11. The Balaban J connectivity index is 1.73. The molecule has 1 aromatic rings. The first-order valence-corrected chi connectivity index (χ1v) is 7.37. The van der Waals surface area contributed by atoms with E-state index in [1.807, 2.05) is 0 Å². The van der Waals surface area contributed by atoms with Gasteiger partial charge in [0.05, 0.1) is 29.3 Å². The fraction of sp³-hybridized carbons (Fsp3) is 0.667. The average Bonchev–Trinajstić information content (AvgIpc) is 2.73. The topological polar surface area (TPSA) is 64.0 Å². The lowest BCUT2D eigenvalue weighted by Gasteiger charge is -2.10. The van der Waals surface area contributed by atoms with Crippen molar-refractivity contribution in [3.05, 3.63) is 17.4 Å². The quantitative estimate of drug-likeness (QED) is 0.849. The summed E-state index contributed by atoms with van der Waals surface area (Å²) in [6.07, 6.45) is 4.04. The van der Waals surface area contributed by atoms with Gasteiger partial charge in [-0.2, -0.15) is 5.10 Å². The fourth-order valence-electron chi connectivity index (χ4n) is 1.80. The minimum Gasteiger partial charge on any atom is -0.311 e. The SMILES string of the molecule is O=S1(=O)CCC(NCCn2cc(Cl)cn2)C1. The molecule has 1 fully saturated rings. The largest absolute Gasteiger partial charge is 0.311 e. The Morgan fingerprint density at radius 3 is 3.00 bits per heavy atom. The Morgan fingerprint density at radius 1 is 1.62 bits per heavy atom. The van der Waals surface area contributed by atoms with Crippen LogP contribution in [0.3, 0.4) is 0 Å². The molecule has 0 aliphatic carbocycles. The van der Waals surface area contributed by atoms with E-state index in [1.54, 1.807) is 17.1 Å². The summed E-state index contributed by atoms with van der Waals surface area (Å²) in [4.78, 5) is 0. The number of rotatable bonds is 4. The summed E-state index contributed by atoms with van der Waals surface area (Å²) < 4.78 is 24.1. The Hall–Kier alpha value is -0.590. The second-order valence-corrected chi connectivity index (χ2v) is 6.64. The van der Waals surface area contributed by atoms with Crippen LogP contribution in [0.2, 0.25) is 5.02 Å². The molecule has 1 aromatic heterocycles. The molecule has 1 aliphatic rings. The van der Waals surface area contributed by atoms with Gasteiger partial charge in [-0.15, -0.1) is 0 Å². The van der Waals surface area contributed by atoms with Gasteiger partial charge in [0, 0.05) is 18.8 Å². The van der Waals surface area contributed by atoms with Gasteiger partial charge in [0.15, 0.2) is 9.84 Å². The van der Waals surface area contributed by atoms with E-state index < -0.39 is 9.84 Å². The first kappa shape index (κ1) is 11.9. The first-order chi connectivity index (χ1) is 7.55. The molecule has 0 amide bonds. The summed E-state index contributed by atoms with van der Waals surface area (Å²) in [5.41, 5.74) is 0. The van der Waals surface area contributed by atoms with Gasteiger partial charge in [0.1, 0.15) is 0 Å². The van der Waals surface area contributed by atoms with Crippen LogP contribution < -0.4 is 5.32 Å². The molecule has 1 N–H and O–H groups in total. The van der Waals surface area contributed by atoms with Crippen molar-refractivity contribution in [2.45, 2.75) is 19.0 Å². The van der Waals surface area contributed by atoms with Gasteiger partial charge in [-0.3, -0.25) is 4.68 Å². The van der Waals surface area contributed by atoms with E-state index in [4.69, 9.17) is 11.6 Å². The van der Waals surface area contributed by atoms with Crippen LogP contribution in [0.4, 0.5) is 0 Å². The van der Waals surface area contributed by atoms with Crippen molar-refractivity contribution in [3.8, 4) is 0 Å². The van der Waals surface area contributed by atoms with E-state index in [2.05, 4.69) is 10.4 Å². The number of hydrogen-bond acceptors (Lipinski definition) is 4. The second kappa shape index (κ2) is 4.73. The highest BCUT2D eigenvalue weighted by atomic mass is 35.5. The zero-order valence-corrected chi connectivity index (χ0v) is 10.3. The Morgan fingerprint density at radius 2 is 2.44 bits per heavy atom. The Labute approximate surface area is 99.7 Å². The maximum Gasteiger partial charge on any atom is 0.151 e. The van der Waals surface area contributed by atoms with Crippen LogP contribution in [-0.4, -0.2) is 42.3 Å². The van der Waals surface area contributed by atoms with Gasteiger partial charge >= 0.3 is 0 Å². The predicted octanol–water partition coefficient (Wildman–Crippen LogP) is 0.313. The van der Waals surface area contributed by atoms with Crippen LogP contribution >= 0.6 is 11.6 Å². The normalized spacial score (nSPS) is 23.7. The smallest absolute Gasteiger partial charge is 0.151 e. The lowest BCUT2D eigenvalue weighted by molar-refractivity contribution is 0.499. The molecule has 0 aromatic carbocycles. The highest BCUT2D eigenvalue weighted by Gasteiger charge is 2.26. The van der Waals surface area contributed by atoms with Gasteiger partial charge in [-0.05, 0) is 6.42 Å². The van der Waals surface area contributed by atoms with Crippen LogP contribution in [0, 0.1) is 0 Å². The van der Waals surface area contributed by atoms with Crippen LogP contribution in [0.15, 0.2) is 12.4 Å². The molecular weight excluding hydrogens is 250 g/mol. The summed E-state index contributed by atoms with van der Waals surface area (Å²) in [6, 6.07) is 0.0936. The number of hydrogen-bond donors (Lipinski definition) is 1. The predicted molar refractivity (Wildman–Crippen MR) is 62.3 cm³/mol. The monoisotopic (exact) mass is 263 g/mol. The fourth-order valence-corrected chi connectivity index (χ4v) is 3.66. The van der Waals surface area contributed by atoms with Crippen molar-refractivity contribution in [2.75, 3.05) is 18.1 Å². The van der Waals surface area contributed by atoms with E-state index in [0.717, 1.165) is 0 Å². The van der Waals surface area contributed by atoms with Crippen molar-refractivity contribution in [1.82, 2.24) is 15.1 Å². The Bertz CT molecular complexity index is 457. The standard InChI is InChI=1S/C9H14ClN3O2S/c10-8-5-12-13(6-8)3-2-11-9-1-4-16(14,15)7-9/h5-6,9,11H,1-4,7H2. The van der Waals surface area contributed by atoms with E-state index in [1.165, 1.54) is 0 Å². The summed E-state index contributed by atoms with van der Waals surface area (Å²) in [6.45, 7) is 1.40. The minimum absolute atomic E-state index is 0.0936. The molecule has 1 atom stereocenters. The van der Waals surface area contributed by atoms with E-state index in [9.17, 15) is 8.42 Å². The number of sulfone groups is 1. The molecule has 1 saturated heterocycles. The van der Waals surface area contributed by atoms with Crippen molar-refractivity contribution < 1.29 is 8.42 Å². The third kappa shape index (κ3) is 3.20. The highest BCUT2D eigenvalue weighted by molar-refractivity contribution is 7.91. The number of nitrogens with one attached hydrogen (secondary N) is 1. The van der Waals surface area contributed by atoms with Crippen molar-refractivity contribution in [2.24, 2.45) is 0 Å². The molecule has 0 bridgehead atoms. The van der Waals surface area contributed by atoms with Gasteiger partial charge in [0.2, 0.25) is 0 Å². The van der Waals surface area contributed by atoms with Gasteiger partial charge < -0.3 is 5.32 Å². The van der Waals surface area contributed by atoms with Crippen LogP contribution in [-0.2, 0) is 16.4 Å². The zero-order chi connectivity index (χ0) is 11.6. The molecule has 7 heteroatoms. The van der Waals surface area contributed by atoms with Crippen molar-refractivity contribution >= 4 is 21.4 Å². The third-order valence-corrected chi connectivity index (χ3v) is 4.57. The lowest BCUT2D eigenvalue weighted by atomic mass is 10.3. The summed E-state index contributed by atoms with van der Waals surface area (Å²) in [5.74, 6) is 0.561. The summed E-state index contributed by atoms with van der Waals surface area (Å²) in [5, 5.41) is 7.86. The van der Waals surface area contributed by atoms with Gasteiger partial charge in [-0.25, -0.2) is 8.42 Å². The second-order valence-electron chi connectivity index (χ2n) is 3.98. The number of halogens is 1. The molecular formula is C9H14ClN3O2S. The molecule has 5 nitrogen and oxygen atoms in total. The first-order valence-electron chi connectivity index (χ1n) is 5.17. The molecule has 90 valence electrons. The molecule has 0 spiro atoms. The van der Waals surface area contributed by atoms with E-state index in [0.29, 0.717) is 30.3 Å². The van der Waals surface area contributed by atoms with Gasteiger partial charge in [0.25, 0.3) is 0 Å². The van der Waals surface area contributed by atoms with E-state index >= 15 is 0 Å². The van der Waals surface area contributed by atoms with E-state index in [-0.39, 0.29) is 11.8 Å². The zero-order valence-electron chi connectivity index (χ0n) is 8.76. The minimum atomic E-state index is -2.79. The van der Waals surface area contributed by atoms with Crippen molar-refractivity contribution in [1.29, 1.82) is 0 Å². The molecule has 0 radical (unpaired) electrons. The van der Waals surface area contributed by atoms with Crippen molar-refractivity contribution in [3.63, 3.8) is 0 Å². The molecule has 1 aliphatic heterocycles. The van der Waals surface area contributed by atoms with Crippen LogP contribution in [0.5, 0.6) is 0 Å². The third-order valence-electron chi connectivity index (χ3n) is 2.61. The van der Waals surface area contributed by atoms with Crippen LogP contribution in [0.25, 0.3) is 0 Å². The Kier molecular flexibility index (Phi) is 3.51. The number of nitrogens with zero attached hydrogens (tertiary/aromatic N) is 2. The molecule has 2 rings (SSSR count). The maximum atomic E-state index is 11.2. The maximum absolute atomic E-state index is 11.2.